The summed E-state index contributed by atoms with van der Waals surface area (Å²) in [6, 6.07) is 17.4. The fourth-order valence-electron chi connectivity index (χ4n) is 3.29. The van der Waals surface area contributed by atoms with Crippen molar-refractivity contribution in [3.05, 3.63) is 99.7 Å². The highest BCUT2D eigenvalue weighted by Gasteiger charge is 2.47. The fourth-order valence-corrected chi connectivity index (χ4v) is 3.54. The van der Waals surface area contributed by atoms with Crippen LogP contribution in [-0.2, 0) is 9.59 Å². The zero-order chi connectivity index (χ0) is 20.5. The number of hydrogen-bond acceptors (Lipinski definition) is 4. The van der Waals surface area contributed by atoms with E-state index in [9.17, 15) is 14.7 Å². The number of hydrogen-bond donors (Lipinski definition) is 1. The van der Waals surface area contributed by atoms with Gasteiger partial charge in [-0.3, -0.25) is 14.5 Å². The Bertz CT molecular complexity index is 1110. The number of halogens is 2. The van der Waals surface area contributed by atoms with Crippen LogP contribution in [0.4, 0.5) is 5.82 Å². The highest BCUT2D eigenvalue weighted by Crippen LogP contribution is 2.41. The largest absolute Gasteiger partial charge is 0.507 e. The second-order valence-corrected chi connectivity index (χ2v) is 7.29. The molecule has 1 fully saturated rings. The molecule has 0 spiro atoms. The molecule has 2 aromatic carbocycles. The van der Waals surface area contributed by atoms with Crippen molar-refractivity contribution in [1.29, 1.82) is 0 Å². The Kier molecular flexibility index (Phi) is 5.09. The average molecular weight is 425 g/mol. The predicted molar refractivity (Wildman–Crippen MR) is 112 cm³/mol. The van der Waals surface area contributed by atoms with E-state index < -0.39 is 17.7 Å². The molecule has 0 saturated carbocycles. The van der Waals surface area contributed by atoms with Gasteiger partial charge in [-0.15, -0.1) is 0 Å². The number of carbonyl (C=O) groups excluding carboxylic acids is 2. The number of aliphatic hydroxyl groups excluding tert-OH is 1. The number of carbonyl (C=O) groups is 2. The first-order valence-electron chi connectivity index (χ1n) is 8.71. The molecule has 0 unspecified atom stereocenters. The minimum Gasteiger partial charge on any atom is -0.507 e. The molecule has 3 aromatic rings. The summed E-state index contributed by atoms with van der Waals surface area (Å²) in [6.45, 7) is 0. The lowest BCUT2D eigenvalue weighted by Gasteiger charge is -2.24. The minimum atomic E-state index is -0.849. The Hall–Kier alpha value is -3.15. The number of anilines is 1. The minimum absolute atomic E-state index is 0.0229. The number of benzene rings is 2. The number of pyridine rings is 1. The summed E-state index contributed by atoms with van der Waals surface area (Å²) < 4.78 is 0. The van der Waals surface area contributed by atoms with E-state index in [0.29, 0.717) is 27.0 Å². The molecule has 5 nitrogen and oxygen atoms in total. The molecule has 0 radical (unpaired) electrons. The van der Waals surface area contributed by atoms with E-state index in [-0.39, 0.29) is 11.3 Å². The van der Waals surface area contributed by atoms with Gasteiger partial charge in [0.1, 0.15) is 11.6 Å². The lowest BCUT2D eigenvalue weighted by atomic mass is 9.95. The van der Waals surface area contributed by atoms with Crippen LogP contribution in [0.1, 0.15) is 17.2 Å². The van der Waals surface area contributed by atoms with Crippen LogP contribution in [0.25, 0.3) is 5.76 Å². The van der Waals surface area contributed by atoms with Gasteiger partial charge in [0, 0.05) is 21.8 Å². The van der Waals surface area contributed by atoms with Crippen LogP contribution in [0.2, 0.25) is 10.0 Å². The summed E-state index contributed by atoms with van der Waals surface area (Å²) in [5.74, 6) is -1.52. The summed E-state index contributed by atoms with van der Waals surface area (Å²) in [5.41, 5.74) is 0.979. The van der Waals surface area contributed by atoms with Gasteiger partial charge in [0.2, 0.25) is 0 Å². The maximum atomic E-state index is 12.9. The van der Waals surface area contributed by atoms with Crippen molar-refractivity contribution in [2.24, 2.45) is 0 Å². The third kappa shape index (κ3) is 3.50. The summed E-state index contributed by atoms with van der Waals surface area (Å²) >= 11 is 11.9. The van der Waals surface area contributed by atoms with Gasteiger partial charge in [0.15, 0.2) is 0 Å². The molecule has 4 rings (SSSR count). The van der Waals surface area contributed by atoms with E-state index in [1.807, 2.05) is 0 Å². The van der Waals surface area contributed by atoms with Crippen molar-refractivity contribution in [2.75, 3.05) is 4.90 Å². The van der Waals surface area contributed by atoms with E-state index in [0.717, 1.165) is 0 Å². The van der Waals surface area contributed by atoms with Crippen LogP contribution in [-0.4, -0.2) is 21.8 Å². The zero-order valence-corrected chi connectivity index (χ0v) is 16.4. The van der Waals surface area contributed by atoms with E-state index in [2.05, 4.69) is 4.98 Å². The van der Waals surface area contributed by atoms with Crippen molar-refractivity contribution in [3.63, 3.8) is 0 Å². The molecule has 144 valence electrons. The Labute approximate surface area is 176 Å². The standard InChI is InChI=1S/C22H14Cl2N2O3/c23-15-8-4-13(5-9-15)19-18(20(27)14-6-10-16(24)11-7-14)21(28)22(29)26(19)17-3-1-2-12-25-17/h1-12,19,27H/b20-18+/t19-/m1/s1. The Morgan fingerprint density at radius 2 is 1.52 bits per heavy atom. The Morgan fingerprint density at radius 1 is 0.897 bits per heavy atom. The van der Waals surface area contributed by atoms with Crippen LogP contribution in [0.5, 0.6) is 0 Å². The van der Waals surface area contributed by atoms with Crippen molar-refractivity contribution >= 4 is 46.5 Å². The first kappa shape index (κ1) is 19.2. The van der Waals surface area contributed by atoms with E-state index in [1.165, 1.54) is 11.1 Å². The van der Waals surface area contributed by atoms with Crippen LogP contribution >= 0.6 is 23.2 Å². The number of aromatic nitrogens is 1. The zero-order valence-electron chi connectivity index (χ0n) is 14.9. The highest BCUT2D eigenvalue weighted by molar-refractivity contribution is 6.51. The number of amides is 1. The van der Waals surface area contributed by atoms with Gasteiger partial charge < -0.3 is 5.11 Å². The topological polar surface area (TPSA) is 70.5 Å². The SMILES string of the molecule is O=C1C(=O)N(c2ccccn2)[C@H](c2ccc(Cl)cc2)/C1=C(\O)c1ccc(Cl)cc1. The van der Waals surface area contributed by atoms with Crippen LogP contribution in [0.15, 0.2) is 78.5 Å². The highest BCUT2D eigenvalue weighted by atomic mass is 35.5. The van der Waals surface area contributed by atoms with Gasteiger partial charge in [-0.1, -0.05) is 41.4 Å². The third-order valence-electron chi connectivity index (χ3n) is 4.64. The lowest BCUT2D eigenvalue weighted by Crippen LogP contribution is -2.30. The molecule has 1 aliphatic rings. The van der Waals surface area contributed by atoms with Gasteiger partial charge in [0.25, 0.3) is 5.78 Å². The van der Waals surface area contributed by atoms with Gasteiger partial charge in [-0.05, 0) is 54.1 Å². The predicted octanol–water partition coefficient (Wildman–Crippen LogP) is 5.01. The second-order valence-electron chi connectivity index (χ2n) is 6.42. The monoisotopic (exact) mass is 424 g/mol. The molecule has 1 aliphatic heterocycles. The Balaban J connectivity index is 1.94. The molecule has 2 heterocycles. The molecular weight excluding hydrogens is 411 g/mol. The summed E-state index contributed by atoms with van der Waals surface area (Å²) in [5, 5.41) is 11.9. The number of nitrogens with zero attached hydrogens (tertiary/aromatic N) is 2. The molecule has 1 amide bonds. The Morgan fingerprint density at radius 3 is 2.10 bits per heavy atom. The van der Waals surface area contributed by atoms with Gasteiger partial charge in [0.05, 0.1) is 11.6 Å². The van der Waals surface area contributed by atoms with E-state index >= 15 is 0 Å². The number of aliphatic hydroxyl groups is 1. The van der Waals surface area contributed by atoms with Gasteiger partial charge >= 0.3 is 5.91 Å². The first-order chi connectivity index (χ1) is 14.0. The molecule has 1 N–H and O–H groups in total. The van der Waals surface area contributed by atoms with Crippen molar-refractivity contribution in [3.8, 4) is 0 Å². The van der Waals surface area contributed by atoms with E-state index in [1.54, 1.807) is 66.7 Å². The van der Waals surface area contributed by atoms with Crippen molar-refractivity contribution in [1.82, 2.24) is 4.98 Å². The summed E-state index contributed by atoms with van der Waals surface area (Å²) in [6.07, 6.45) is 1.53. The van der Waals surface area contributed by atoms with Crippen LogP contribution < -0.4 is 4.90 Å². The van der Waals surface area contributed by atoms with Crippen LogP contribution in [0.3, 0.4) is 0 Å². The maximum Gasteiger partial charge on any atom is 0.301 e. The summed E-state index contributed by atoms with van der Waals surface area (Å²) in [7, 11) is 0. The second kappa shape index (κ2) is 7.70. The normalized spacial score (nSPS) is 18.3. The van der Waals surface area contributed by atoms with Gasteiger partial charge in [-0.25, -0.2) is 4.98 Å². The molecule has 7 heteroatoms. The third-order valence-corrected chi connectivity index (χ3v) is 5.15. The molecule has 29 heavy (non-hydrogen) atoms. The average Bonchev–Trinajstić information content (AvgIpc) is 3.00. The molecule has 1 aromatic heterocycles. The molecule has 1 saturated heterocycles. The maximum absolute atomic E-state index is 12.9. The molecular formula is C22H14Cl2N2O3. The number of rotatable bonds is 3. The van der Waals surface area contributed by atoms with Crippen molar-refractivity contribution in [2.45, 2.75) is 6.04 Å². The smallest absolute Gasteiger partial charge is 0.301 e. The van der Waals surface area contributed by atoms with Crippen molar-refractivity contribution < 1.29 is 14.7 Å². The molecule has 0 bridgehead atoms. The quantitative estimate of drug-likeness (QED) is 0.364. The number of Topliss-reactive ketones (excluding diaryl/α,β-unsaturated/α-hetero) is 1. The molecule has 0 aliphatic carbocycles. The van der Waals surface area contributed by atoms with Crippen LogP contribution in [0, 0.1) is 0 Å². The number of ketones is 1. The molecule has 1 atom stereocenters. The van der Waals surface area contributed by atoms with E-state index in [4.69, 9.17) is 23.2 Å². The van der Waals surface area contributed by atoms with Gasteiger partial charge in [-0.2, -0.15) is 0 Å². The fraction of sp³-hybridized carbons (Fsp3) is 0.0455. The first-order valence-corrected chi connectivity index (χ1v) is 9.46. The lowest BCUT2D eigenvalue weighted by molar-refractivity contribution is -0.132. The summed E-state index contributed by atoms with van der Waals surface area (Å²) in [4.78, 5) is 31.3.